The van der Waals surface area contributed by atoms with Crippen molar-refractivity contribution in [2.24, 2.45) is 0 Å². The third-order valence-corrected chi connectivity index (χ3v) is 4.26. The number of halogens is 1. The van der Waals surface area contributed by atoms with Crippen LogP contribution in [0.15, 0.2) is 47.4 Å². The lowest BCUT2D eigenvalue weighted by molar-refractivity contribution is -0.115. The van der Waals surface area contributed by atoms with E-state index in [2.05, 4.69) is 5.32 Å². The average Bonchev–Trinajstić information content (AvgIpc) is 2.93. The van der Waals surface area contributed by atoms with Gasteiger partial charge in [-0.15, -0.1) is 0 Å². The fourth-order valence-electron chi connectivity index (χ4n) is 2.20. The minimum atomic E-state index is -0.645. The van der Waals surface area contributed by atoms with Crippen LogP contribution in [0, 0.1) is 11.2 Å². The summed E-state index contributed by atoms with van der Waals surface area (Å²) in [5.41, 5.74) is 0.855. The number of carbonyl (C=O) groups excluding carboxylic acids is 2. The fourth-order valence-corrected chi connectivity index (χ4v) is 2.90. The molecule has 0 bridgehead atoms. The van der Waals surface area contributed by atoms with Gasteiger partial charge in [-0.05, 0) is 59.8 Å². The van der Waals surface area contributed by atoms with Gasteiger partial charge in [0.2, 0.25) is 0 Å². The van der Waals surface area contributed by atoms with Gasteiger partial charge < -0.3 is 14.8 Å². The molecule has 1 saturated heterocycles. The summed E-state index contributed by atoms with van der Waals surface area (Å²) < 4.78 is 23.5. The van der Waals surface area contributed by atoms with Gasteiger partial charge in [0, 0.05) is 0 Å². The standard InChI is InChI=1S/C18H13FN2O4S/c1-24-14-8-10(9-15-16(22)21-18(20)26-15)2-7-13(14)25-17(23)11-3-5-12(19)6-4-11/h2-9H,1H3,(H2,20,21,22)/b15-9-. The molecule has 0 aliphatic carbocycles. The molecule has 1 amide bonds. The van der Waals surface area contributed by atoms with E-state index in [1.807, 2.05) is 0 Å². The van der Waals surface area contributed by atoms with Crippen molar-refractivity contribution in [3.05, 3.63) is 64.3 Å². The molecule has 6 nitrogen and oxygen atoms in total. The SMILES string of the molecule is COc1cc(/C=C2\SC(=N)NC2=O)ccc1OC(=O)c1ccc(F)cc1. The zero-order valence-electron chi connectivity index (χ0n) is 13.5. The Labute approximate surface area is 152 Å². The molecule has 8 heteroatoms. The monoisotopic (exact) mass is 372 g/mol. The number of nitrogens with one attached hydrogen (secondary N) is 2. The van der Waals surface area contributed by atoms with Crippen molar-refractivity contribution in [2.75, 3.05) is 7.11 Å². The molecule has 2 N–H and O–H groups in total. The number of hydrogen-bond acceptors (Lipinski definition) is 6. The first-order chi connectivity index (χ1) is 12.5. The van der Waals surface area contributed by atoms with E-state index in [4.69, 9.17) is 14.9 Å². The Balaban J connectivity index is 1.82. The largest absolute Gasteiger partial charge is 0.493 e. The number of thioether (sulfide) groups is 1. The topological polar surface area (TPSA) is 88.5 Å². The van der Waals surface area contributed by atoms with Gasteiger partial charge >= 0.3 is 5.97 Å². The van der Waals surface area contributed by atoms with Crippen molar-refractivity contribution < 1.29 is 23.5 Å². The van der Waals surface area contributed by atoms with Crippen molar-refractivity contribution in [3.8, 4) is 11.5 Å². The predicted octanol–water partition coefficient (Wildman–Crippen LogP) is 3.19. The first-order valence-electron chi connectivity index (χ1n) is 7.41. The molecule has 0 spiro atoms. The van der Waals surface area contributed by atoms with Gasteiger partial charge in [-0.1, -0.05) is 6.07 Å². The van der Waals surface area contributed by atoms with Crippen molar-refractivity contribution >= 4 is 34.9 Å². The second-order valence-electron chi connectivity index (χ2n) is 5.20. The van der Waals surface area contributed by atoms with E-state index in [-0.39, 0.29) is 22.4 Å². The highest BCUT2D eigenvalue weighted by atomic mass is 32.2. The van der Waals surface area contributed by atoms with E-state index < -0.39 is 11.8 Å². The smallest absolute Gasteiger partial charge is 0.343 e. The molecule has 1 aliphatic rings. The number of rotatable bonds is 4. The number of amides is 1. The molecule has 1 heterocycles. The molecule has 2 aromatic rings. The predicted molar refractivity (Wildman–Crippen MR) is 95.8 cm³/mol. The summed E-state index contributed by atoms with van der Waals surface area (Å²) in [5, 5.41) is 9.90. The highest BCUT2D eigenvalue weighted by Crippen LogP contribution is 2.31. The molecule has 132 valence electrons. The van der Waals surface area contributed by atoms with E-state index in [0.717, 1.165) is 11.8 Å². The molecule has 0 saturated carbocycles. The van der Waals surface area contributed by atoms with Gasteiger partial charge in [0.15, 0.2) is 16.7 Å². The molecule has 0 unspecified atom stereocenters. The van der Waals surface area contributed by atoms with Crippen molar-refractivity contribution in [3.63, 3.8) is 0 Å². The molecule has 1 aliphatic heterocycles. The fraction of sp³-hybridized carbons (Fsp3) is 0.0556. The lowest BCUT2D eigenvalue weighted by Gasteiger charge is -2.10. The van der Waals surface area contributed by atoms with Gasteiger partial charge in [0.05, 0.1) is 17.6 Å². The normalized spacial score (nSPS) is 15.1. The maximum Gasteiger partial charge on any atom is 0.343 e. The van der Waals surface area contributed by atoms with Crippen LogP contribution in [0.2, 0.25) is 0 Å². The van der Waals surface area contributed by atoms with E-state index in [1.54, 1.807) is 18.2 Å². The third kappa shape index (κ3) is 3.92. The summed E-state index contributed by atoms with van der Waals surface area (Å²) in [6.45, 7) is 0. The number of methoxy groups -OCH3 is 1. The van der Waals surface area contributed by atoms with Crippen molar-refractivity contribution in [1.29, 1.82) is 5.41 Å². The summed E-state index contributed by atoms with van der Waals surface area (Å²) in [5.74, 6) is -0.939. The van der Waals surface area contributed by atoms with E-state index in [0.29, 0.717) is 16.2 Å². The van der Waals surface area contributed by atoms with Gasteiger partial charge in [0.25, 0.3) is 5.91 Å². The van der Waals surface area contributed by atoms with Gasteiger partial charge in [-0.25, -0.2) is 9.18 Å². The van der Waals surface area contributed by atoms with Crippen LogP contribution in [0.1, 0.15) is 15.9 Å². The molecule has 0 aromatic heterocycles. The minimum Gasteiger partial charge on any atom is -0.493 e. The van der Waals surface area contributed by atoms with E-state index in [9.17, 15) is 14.0 Å². The quantitative estimate of drug-likeness (QED) is 0.489. The Morgan fingerprint density at radius 3 is 2.54 bits per heavy atom. The number of amidine groups is 1. The average molecular weight is 372 g/mol. The molecule has 3 rings (SSSR count). The molecular weight excluding hydrogens is 359 g/mol. The Bertz CT molecular complexity index is 925. The number of carbonyl (C=O) groups is 2. The second-order valence-corrected chi connectivity index (χ2v) is 6.25. The molecule has 0 radical (unpaired) electrons. The molecule has 0 atom stereocenters. The lowest BCUT2D eigenvalue weighted by atomic mass is 10.1. The Morgan fingerprint density at radius 1 is 1.19 bits per heavy atom. The first kappa shape index (κ1) is 17.7. The number of benzene rings is 2. The summed E-state index contributed by atoms with van der Waals surface area (Å²) in [4.78, 5) is 24.2. The Hall–Kier alpha value is -3.13. The van der Waals surface area contributed by atoms with Crippen LogP contribution >= 0.6 is 11.8 Å². The molecular formula is C18H13FN2O4S. The maximum atomic E-state index is 12.9. The van der Waals surface area contributed by atoms with Crippen LogP contribution < -0.4 is 14.8 Å². The highest BCUT2D eigenvalue weighted by molar-refractivity contribution is 8.18. The van der Waals surface area contributed by atoms with E-state index >= 15 is 0 Å². The Kier molecular flexibility index (Phi) is 5.04. The van der Waals surface area contributed by atoms with Gasteiger partial charge in [0.1, 0.15) is 5.82 Å². The first-order valence-corrected chi connectivity index (χ1v) is 8.23. The molecule has 26 heavy (non-hydrogen) atoms. The van der Waals surface area contributed by atoms with Crippen molar-refractivity contribution in [1.82, 2.24) is 5.32 Å². The second kappa shape index (κ2) is 7.40. The van der Waals surface area contributed by atoms with Crippen LogP contribution in [0.4, 0.5) is 4.39 Å². The van der Waals surface area contributed by atoms with Crippen LogP contribution in [-0.2, 0) is 4.79 Å². The molecule has 2 aromatic carbocycles. The highest BCUT2D eigenvalue weighted by Gasteiger charge is 2.22. The van der Waals surface area contributed by atoms with Crippen LogP contribution in [0.5, 0.6) is 11.5 Å². The lowest BCUT2D eigenvalue weighted by Crippen LogP contribution is -2.18. The summed E-state index contributed by atoms with van der Waals surface area (Å²) in [6.07, 6.45) is 1.61. The van der Waals surface area contributed by atoms with Crippen LogP contribution in [0.3, 0.4) is 0 Å². The van der Waals surface area contributed by atoms with Crippen molar-refractivity contribution in [2.45, 2.75) is 0 Å². The number of ether oxygens (including phenoxy) is 2. The molecule has 1 fully saturated rings. The summed E-state index contributed by atoms with van der Waals surface area (Å²) >= 11 is 1.02. The van der Waals surface area contributed by atoms with Crippen LogP contribution in [0.25, 0.3) is 6.08 Å². The van der Waals surface area contributed by atoms with E-state index in [1.165, 1.54) is 37.4 Å². The van der Waals surface area contributed by atoms with Gasteiger partial charge in [-0.3, -0.25) is 10.2 Å². The Morgan fingerprint density at radius 2 is 1.92 bits per heavy atom. The summed E-state index contributed by atoms with van der Waals surface area (Å²) in [6, 6.07) is 9.79. The minimum absolute atomic E-state index is 0.0677. The summed E-state index contributed by atoms with van der Waals surface area (Å²) in [7, 11) is 1.42. The number of hydrogen-bond donors (Lipinski definition) is 2. The third-order valence-electron chi connectivity index (χ3n) is 3.43. The zero-order chi connectivity index (χ0) is 18.7. The van der Waals surface area contributed by atoms with Gasteiger partial charge in [-0.2, -0.15) is 0 Å². The maximum absolute atomic E-state index is 12.9. The van der Waals surface area contributed by atoms with Crippen LogP contribution in [-0.4, -0.2) is 24.2 Å². The zero-order valence-corrected chi connectivity index (χ0v) is 14.4. The number of esters is 1.